The van der Waals surface area contributed by atoms with E-state index in [2.05, 4.69) is 16.1 Å². The van der Waals surface area contributed by atoms with Crippen molar-refractivity contribution in [3.8, 4) is 12.3 Å². The van der Waals surface area contributed by atoms with E-state index in [9.17, 15) is 4.79 Å². The van der Waals surface area contributed by atoms with Crippen molar-refractivity contribution in [2.24, 2.45) is 5.92 Å². The highest BCUT2D eigenvalue weighted by molar-refractivity contribution is 6.31. The molecular weight excluding hydrogens is 272 g/mol. The first-order valence-electron chi connectivity index (χ1n) is 6.83. The molecule has 3 nitrogen and oxygen atoms in total. The van der Waals surface area contributed by atoms with Gasteiger partial charge in [-0.3, -0.25) is 9.69 Å². The van der Waals surface area contributed by atoms with Crippen molar-refractivity contribution in [1.29, 1.82) is 0 Å². The molecule has 0 aliphatic carbocycles. The Morgan fingerprint density at radius 2 is 2.20 bits per heavy atom. The Kier molecular flexibility index (Phi) is 5.05. The fraction of sp³-hybridized carbons (Fsp3) is 0.438. The van der Waals surface area contributed by atoms with E-state index in [-0.39, 0.29) is 11.8 Å². The summed E-state index contributed by atoms with van der Waals surface area (Å²) in [4.78, 5) is 14.4. The van der Waals surface area contributed by atoms with Crippen LogP contribution < -0.4 is 5.32 Å². The molecule has 0 spiro atoms. The van der Waals surface area contributed by atoms with E-state index in [0.717, 1.165) is 37.2 Å². The Balaban J connectivity index is 1.89. The lowest BCUT2D eigenvalue weighted by Crippen LogP contribution is -2.38. The minimum Gasteiger partial charge on any atom is -0.326 e. The fourth-order valence-electron chi connectivity index (χ4n) is 2.40. The molecule has 1 aliphatic heterocycles. The molecule has 0 radical (unpaired) electrons. The Morgan fingerprint density at radius 3 is 2.80 bits per heavy atom. The third-order valence-electron chi connectivity index (χ3n) is 3.71. The summed E-state index contributed by atoms with van der Waals surface area (Å²) in [6, 6.07) is 5.59. The lowest BCUT2D eigenvalue weighted by Gasteiger charge is -2.29. The van der Waals surface area contributed by atoms with Crippen LogP contribution in [0, 0.1) is 25.2 Å². The number of carbonyl (C=O) groups excluding carboxylic acids is 1. The Labute approximate surface area is 125 Å². The van der Waals surface area contributed by atoms with Crippen LogP contribution in [0.3, 0.4) is 0 Å². The number of nitrogens with one attached hydrogen (secondary N) is 1. The molecule has 4 heteroatoms. The van der Waals surface area contributed by atoms with Crippen LogP contribution in [0.5, 0.6) is 0 Å². The largest absolute Gasteiger partial charge is 0.326 e. The van der Waals surface area contributed by atoms with Crippen LogP contribution in [-0.4, -0.2) is 30.4 Å². The summed E-state index contributed by atoms with van der Waals surface area (Å²) in [5, 5.41) is 3.62. The van der Waals surface area contributed by atoms with E-state index >= 15 is 0 Å². The van der Waals surface area contributed by atoms with Crippen LogP contribution in [0.1, 0.15) is 18.4 Å². The van der Waals surface area contributed by atoms with Gasteiger partial charge in [0.15, 0.2) is 0 Å². The zero-order valence-electron chi connectivity index (χ0n) is 11.7. The van der Waals surface area contributed by atoms with Crippen molar-refractivity contribution in [3.05, 3.63) is 28.8 Å². The van der Waals surface area contributed by atoms with Gasteiger partial charge in [-0.05, 0) is 50.6 Å². The predicted molar refractivity (Wildman–Crippen MR) is 82.8 cm³/mol. The van der Waals surface area contributed by atoms with Crippen molar-refractivity contribution >= 4 is 23.2 Å². The normalized spacial score (nSPS) is 16.6. The van der Waals surface area contributed by atoms with E-state index in [1.54, 1.807) is 6.07 Å². The maximum Gasteiger partial charge on any atom is 0.227 e. The molecular formula is C16H19ClN2O. The molecule has 1 aromatic carbocycles. The maximum absolute atomic E-state index is 12.2. The molecule has 1 fully saturated rings. The van der Waals surface area contributed by atoms with Gasteiger partial charge in [-0.15, -0.1) is 6.42 Å². The average Bonchev–Trinajstić information content (AvgIpc) is 2.44. The number of carbonyl (C=O) groups is 1. The number of nitrogens with zero attached hydrogens (tertiary/aromatic N) is 1. The molecule has 1 heterocycles. The number of rotatable bonds is 3. The predicted octanol–water partition coefficient (Wildman–Crippen LogP) is 2.93. The topological polar surface area (TPSA) is 32.3 Å². The van der Waals surface area contributed by atoms with E-state index in [1.165, 1.54) is 0 Å². The number of terminal acetylenes is 1. The summed E-state index contributed by atoms with van der Waals surface area (Å²) in [6.45, 7) is 4.38. The lowest BCUT2D eigenvalue weighted by molar-refractivity contribution is -0.121. The molecule has 0 atom stereocenters. The number of piperidine rings is 1. The van der Waals surface area contributed by atoms with Crippen LogP contribution in [0.4, 0.5) is 5.69 Å². The van der Waals surface area contributed by atoms with Gasteiger partial charge in [0.1, 0.15) is 0 Å². The van der Waals surface area contributed by atoms with Gasteiger partial charge in [0.2, 0.25) is 5.91 Å². The maximum atomic E-state index is 12.2. The number of benzene rings is 1. The summed E-state index contributed by atoms with van der Waals surface area (Å²) >= 11 is 6.06. The molecule has 0 unspecified atom stereocenters. The van der Waals surface area contributed by atoms with Gasteiger partial charge in [-0.1, -0.05) is 23.6 Å². The molecule has 1 aromatic rings. The standard InChI is InChI=1S/C16H19ClN2O/c1-3-8-19-9-6-13(7-10-19)16(20)18-14-5-4-12(2)15(17)11-14/h1,4-5,11,13H,6-10H2,2H3,(H,18,20). The third kappa shape index (κ3) is 3.75. The minimum absolute atomic E-state index is 0.0594. The summed E-state index contributed by atoms with van der Waals surface area (Å²) in [7, 11) is 0. The molecule has 20 heavy (non-hydrogen) atoms. The zero-order chi connectivity index (χ0) is 14.5. The Bertz CT molecular complexity index is 528. The SMILES string of the molecule is C#CCN1CCC(C(=O)Nc2ccc(C)c(Cl)c2)CC1. The first-order valence-corrected chi connectivity index (χ1v) is 7.21. The van der Waals surface area contributed by atoms with Crippen molar-refractivity contribution < 1.29 is 4.79 Å². The zero-order valence-corrected chi connectivity index (χ0v) is 12.4. The van der Waals surface area contributed by atoms with Crippen molar-refractivity contribution in [3.63, 3.8) is 0 Å². The summed E-state index contributed by atoms with van der Waals surface area (Å²) in [6.07, 6.45) is 7.01. The first kappa shape index (κ1) is 14.9. The average molecular weight is 291 g/mol. The van der Waals surface area contributed by atoms with E-state index < -0.39 is 0 Å². The summed E-state index contributed by atoms with van der Waals surface area (Å²) < 4.78 is 0. The molecule has 0 aromatic heterocycles. The Hall–Kier alpha value is -1.50. The van der Waals surface area contributed by atoms with Crippen LogP contribution in [0.15, 0.2) is 18.2 Å². The molecule has 2 rings (SSSR count). The second kappa shape index (κ2) is 6.78. The van der Waals surface area contributed by atoms with E-state index in [1.807, 2.05) is 19.1 Å². The molecule has 106 valence electrons. The van der Waals surface area contributed by atoms with Gasteiger partial charge in [0, 0.05) is 16.6 Å². The number of amides is 1. The first-order chi connectivity index (χ1) is 9.60. The van der Waals surface area contributed by atoms with Crippen LogP contribution in [-0.2, 0) is 4.79 Å². The van der Waals surface area contributed by atoms with Crippen molar-refractivity contribution in [1.82, 2.24) is 4.90 Å². The molecule has 0 saturated carbocycles. The van der Waals surface area contributed by atoms with Gasteiger partial charge in [0.05, 0.1) is 6.54 Å². The van der Waals surface area contributed by atoms with Crippen molar-refractivity contribution in [2.75, 3.05) is 25.0 Å². The van der Waals surface area contributed by atoms with Crippen LogP contribution >= 0.6 is 11.6 Å². The van der Waals surface area contributed by atoms with Crippen LogP contribution in [0.2, 0.25) is 5.02 Å². The summed E-state index contributed by atoms with van der Waals surface area (Å²) in [5.41, 5.74) is 1.77. The monoisotopic (exact) mass is 290 g/mol. The lowest BCUT2D eigenvalue weighted by atomic mass is 9.96. The molecule has 1 saturated heterocycles. The molecule has 1 aliphatic rings. The van der Waals surface area contributed by atoms with E-state index in [0.29, 0.717) is 11.6 Å². The third-order valence-corrected chi connectivity index (χ3v) is 4.12. The molecule has 1 N–H and O–H groups in total. The van der Waals surface area contributed by atoms with Crippen molar-refractivity contribution in [2.45, 2.75) is 19.8 Å². The van der Waals surface area contributed by atoms with Gasteiger partial charge in [0.25, 0.3) is 0 Å². The van der Waals surface area contributed by atoms with E-state index in [4.69, 9.17) is 18.0 Å². The Morgan fingerprint density at radius 1 is 1.50 bits per heavy atom. The number of halogens is 1. The fourth-order valence-corrected chi connectivity index (χ4v) is 2.58. The highest BCUT2D eigenvalue weighted by atomic mass is 35.5. The molecule has 1 amide bonds. The quantitative estimate of drug-likeness (QED) is 0.868. The number of hydrogen-bond acceptors (Lipinski definition) is 2. The smallest absolute Gasteiger partial charge is 0.227 e. The highest BCUT2D eigenvalue weighted by Crippen LogP contribution is 2.22. The van der Waals surface area contributed by atoms with Gasteiger partial charge >= 0.3 is 0 Å². The summed E-state index contributed by atoms with van der Waals surface area (Å²) in [5.74, 6) is 2.78. The highest BCUT2D eigenvalue weighted by Gasteiger charge is 2.24. The minimum atomic E-state index is 0.0594. The second-order valence-electron chi connectivity index (χ2n) is 5.21. The number of likely N-dealkylation sites (tertiary alicyclic amines) is 1. The second-order valence-corrected chi connectivity index (χ2v) is 5.61. The van der Waals surface area contributed by atoms with Gasteiger partial charge < -0.3 is 5.32 Å². The number of anilines is 1. The van der Waals surface area contributed by atoms with Gasteiger partial charge in [-0.25, -0.2) is 0 Å². The number of aryl methyl sites for hydroxylation is 1. The van der Waals surface area contributed by atoms with Crippen LogP contribution in [0.25, 0.3) is 0 Å². The number of hydrogen-bond donors (Lipinski definition) is 1. The van der Waals surface area contributed by atoms with Gasteiger partial charge in [-0.2, -0.15) is 0 Å². The molecule has 0 bridgehead atoms.